The van der Waals surface area contributed by atoms with Crippen molar-refractivity contribution in [1.29, 1.82) is 0 Å². The van der Waals surface area contributed by atoms with E-state index in [0.29, 0.717) is 18.5 Å². The van der Waals surface area contributed by atoms with Crippen LogP contribution < -0.4 is 16.4 Å². The minimum atomic E-state index is -1.10. The van der Waals surface area contributed by atoms with Crippen molar-refractivity contribution in [1.82, 2.24) is 15.5 Å². The van der Waals surface area contributed by atoms with Crippen LogP contribution in [-0.4, -0.2) is 52.4 Å². The van der Waals surface area contributed by atoms with E-state index in [9.17, 15) is 19.2 Å². The van der Waals surface area contributed by atoms with Gasteiger partial charge in [-0.3, -0.25) is 14.4 Å². The molecule has 232 valence electrons. The van der Waals surface area contributed by atoms with Gasteiger partial charge in [0.2, 0.25) is 17.7 Å². The molecule has 1 aromatic rings. The number of benzene rings is 1. The fourth-order valence-corrected chi connectivity index (χ4v) is 4.47. The summed E-state index contributed by atoms with van der Waals surface area (Å²) in [4.78, 5) is 54.1. The summed E-state index contributed by atoms with van der Waals surface area (Å²) in [7, 11) is 0. The highest BCUT2D eigenvalue weighted by molar-refractivity contribution is 5.92. The number of amides is 4. The van der Waals surface area contributed by atoms with E-state index in [-0.39, 0.29) is 18.7 Å². The summed E-state index contributed by atoms with van der Waals surface area (Å²) in [6.45, 7) is 17.3. The predicted octanol–water partition coefficient (Wildman–Crippen LogP) is 5.61. The highest BCUT2D eigenvalue weighted by Crippen LogP contribution is 2.27. The topological polar surface area (TPSA) is 131 Å². The van der Waals surface area contributed by atoms with Gasteiger partial charge in [0.1, 0.15) is 17.7 Å². The van der Waals surface area contributed by atoms with E-state index in [2.05, 4.69) is 17.6 Å². The Morgan fingerprint density at radius 1 is 0.927 bits per heavy atom. The molecule has 0 aliphatic heterocycles. The summed E-state index contributed by atoms with van der Waals surface area (Å²) in [5.74, 6) is -1.36. The Bertz CT molecular complexity index is 1030. The van der Waals surface area contributed by atoms with Crippen LogP contribution in [-0.2, 0) is 19.1 Å². The second-order valence-corrected chi connectivity index (χ2v) is 13.0. The zero-order chi connectivity index (χ0) is 31.4. The smallest absolute Gasteiger partial charge is 0.408 e. The Morgan fingerprint density at radius 3 is 2.07 bits per heavy atom. The molecular weight excluding hydrogens is 520 g/mol. The lowest BCUT2D eigenvalue weighted by Gasteiger charge is -2.36. The van der Waals surface area contributed by atoms with Gasteiger partial charge in [-0.15, -0.1) is 0 Å². The third kappa shape index (κ3) is 13.9. The van der Waals surface area contributed by atoms with Crippen molar-refractivity contribution in [2.24, 2.45) is 5.73 Å². The largest absolute Gasteiger partial charge is 0.444 e. The molecule has 0 saturated heterocycles. The van der Waals surface area contributed by atoms with Gasteiger partial charge in [-0.05, 0) is 84.9 Å². The van der Waals surface area contributed by atoms with Crippen molar-refractivity contribution in [3.8, 4) is 0 Å². The molecular formula is C32H54N4O5. The minimum absolute atomic E-state index is 0.0130. The summed E-state index contributed by atoms with van der Waals surface area (Å²) in [6, 6.07) is 3.71. The molecule has 0 spiro atoms. The fraction of sp³-hybridized carbons (Fsp3) is 0.688. The number of unbranched alkanes of at least 4 members (excludes halogenated alkanes) is 5. The highest BCUT2D eigenvalue weighted by atomic mass is 16.6. The number of rotatable bonds is 15. The van der Waals surface area contributed by atoms with Crippen LogP contribution in [0.2, 0.25) is 0 Å². The molecule has 2 atom stereocenters. The number of ether oxygens (including phenoxy) is 1. The van der Waals surface area contributed by atoms with Crippen molar-refractivity contribution < 1.29 is 23.9 Å². The number of carbonyl (C=O) groups excluding carboxylic acids is 4. The minimum Gasteiger partial charge on any atom is -0.444 e. The second-order valence-electron chi connectivity index (χ2n) is 13.0. The number of aryl methyl sites for hydroxylation is 2. The van der Waals surface area contributed by atoms with Gasteiger partial charge in [-0.1, -0.05) is 57.2 Å². The van der Waals surface area contributed by atoms with Gasteiger partial charge in [0.05, 0.1) is 0 Å². The lowest BCUT2D eigenvalue weighted by atomic mass is 9.96. The molecule has 1 aromatic carbocycles. The first-order chi connectivity index (χ1) is 18.9. The Hall–Kier alpha value is -3.10. The van der Waals surface area contributed by atoms with Gasteiger partial charge in [0.25, 0.3) is 0 Å². The molecule has 41 heavy (non-hydrogen) atoms. The molecule has 4 amide bonds. The van der Waals surface area contributed by atoms with Crippen LogP contribution >= 0.6 is 0 Å². The third-order valence-electron chi connectivity index (χ3n) is 6.61. The van der Waals surface area contributed by atoms with Gasteiger partial charge >= 0.3 is 6.09 Å². The number of alkyl carbamates (subject to hydrolysis) is 1. The molecule has 0 heterocycles. The molecule has 9 nitrogen and oxygen atoms in total. The van der Waals surface area contributed by atoms with Crippen molar-refractivity contribution in [2.75, 3.05) is 6.54 Å². The number of nitrogens with two attached hydrogens (primary N) is 1. The van der Waals surface area contributed by atoms with Crippen LogP contribution in [0, 0.1) is 13.8 Å². The number of nitrogens with zero attached hydrogens (tertiary/aromatic N) is 1. The Morgan fingerprint density at radius 2 is 1.54 bits per heavy atom. The third-order valence-corrected chi connectivity index (χ3v) is 6.61. The average molecular weight is 575 g/mol. The highest BCUT2D eigenvalue weighted by Gasteiger charge is 2.37. The van der Waals surface area contributed by atoms with Crippen molar-refractivity contribution >= 4 is 23.8 Å². The lowest BCUT2D eigenvalue weighted by molar-refractivity contribution is -0.143. The first kappa shape index (κ1) is 35.9. The summed E-state index contributed by atoms with van der Waals surface area (Å²) in [6.07, 6.45) is 5.10. The van der Waals surface area contributed by atoms with Gasteiger partial charge in [0.15, 0.2) is 0 Å². The van der Waals surface area contributed by atoms with Gasteiger partial charge < -0.3 is 26.0 Å². The summed E-state index contributed by atoms with van der Waals surface area (Å²) in [5.41, 5.74) is 6.85. The maximum atomic E-state index is 14.3. The predicted molar refractivity (Wildman–Crippen MR) is 163 cm³/mol. The fourth-order valence-electron chi connectivity index (χ4n) is 4.47. The van der Waals surface area contributed by atoms with Crippen LogP contribution in [0.25, 0.3) is 0 Å². The average Bonchev–Trinajstić information content (AvgIpc) is 2.82. The molecule has 0 fully saturated rings. The van der Waals surface area contributed by atoms with Crippen LogP contribution in [0.5, 0.6) is 0 Å². The Kier molecular flexibility index (Phi) is 14.3. The number of primary amides is 1. The van der Waals surface area contributed by atoms with E-state index in [0.717, 1.165) is 43.2 Å². The normalized spacial score (nSPS) is 13.2. The Balaban J connectivity index is 3.56. The van der Waals surface area contributed by atoms with E-state index in [1.165, 1.54) is 0 Å². The molecule has 2 unspecified atom stereocenters. The standard InChI is InChI=1S/C32H54N4O5/c1-10-11-12-13-14-15-20-36(29(39)25(18-19-26(33)37)34-30(40)41-32(7,8)9)27(28(38)35-31(4,5)6)24-17-16-22(2)23(3)21-24/h16-17,21,25,27H,10-15,18-20H2,1-9H3,(H2,33,37)(H,34,40)(H,35,38). The number of nitrogens with one attached hydrogen (secondary N) is 2. The maximum absolute atomic E-state index is 14.3. The number of carbonyl (C=O) groups is 4. The van der Waals surface area contributed by atoms with Crippen LogP contribution in [0.4, 0.5) is 4.79 Å². The van der Waals surface area contributed by atoms with Crippen LogP contribution in [0.3, 0.4) is 0 Å². The SMILES string of the molecule is CCCCCCCCN(C(=O)C(CCC(N)=O)NC(=O)OC(C)(C)C)C(C(=O)NC(C)(C)C)c1ccc(C)c(C)c1. The molecule has 0 bridgehead atoms. The van der Waals surface area contributed by atoms with Crippen molar-refractivity contribution in [3.05, 3.63) is 34.9 Å². The molecule has 0 saturated carbocycles. The maximum Gasteiger partial charge on any atom is 0.408 e. The zero-order valence-electron chi connectivity index (χ0n) is 26.8. The molecule has 9 heteroatoms. The summed E-state index contributed by atoms with van der Waals surface area (Å²) < 4.78 is 5.41. The molecule has 1 rings (SSSR count). The molecule has 0 radical (unpaired) electrons. The molecule has 0 aliphatic carbocycles. The lowest BCUT2D eigenvalue weighted by Crippen LogP contribution is -2.55. The molecule has 4 N–H and O–H groups in total. The first-order valence-corrected chi connectivity index (χ1v) is 14.9. The van der Waals surface area contributed by atoms with Gasteiger partial charge in [-0.2, -0.15) is 0 Å². The number of hydrogen-bond donors (Lipinski definition) is 3. The molecule has 0 aliphatic rings. The quantitative estimate of drug-likeness (QED) is 0.235. The van der Waals surface area contributed by atoms with E-state index in [1.807, 2.05) is 52.8 Å². The van der Waals surface area contributed by atoms with Crippen LogP contribution in [0.1, 0.15) is 123 Å². The van der Waals surface area contributed by atoms with Gasteiger partial charge in [0, 0.05) is 18.5 Å². The number of hydrogen-bond acceptors (Lipinski definition) is 5. The van der Waals surface area contributed by atoms with E-state index >= 15 is 0 Å². The second kappa shape index (κ2) is 16.4. The van der Waals surface area contributed by atoms with Crippen molar-refractivity contribution in [2.45, 2.75) is 137 Å². The van der Waals surface area contributed by atoms with E-state index in [1.54, 1.807) is 25.7 Å². The van der Waals surface area contributed by atoms with E-state index in [4.69, 9.17) is 10.5 Å². The summed E-state index contributed by atoms with van der Waals surface area (Å²) >= 11 is 0. The first-order valence-electron chi connectivity index (χ1n) is 14.9. The summed E-state index contributed by atoms with van der Waals surface area (Å²) in [5, 5.41) is 5.70. The van der Waals surface area contributed by atoms with Gasteiger partial charge in [-0.25, -0.2) is 4.79 Å². The monoisotopic (exact) mass is 574 g/mol. The van der Waals surface area contributed by atoms with Crippen molar-refractivity contribution in [3.63, 3.8) is 0 Å². The van der Waals surface area contributed by atoms with E-state index < -0.39 is 41.1 Å². The van der Waals surface area contributed by atoms with Crippen LogP contribution in [0.15, 0.2) is 18.2 Å². The molecule has 0 aromatic heterocycles. The zero-order valence-corrected chi connectivity index (χ0v) is 26.8. The Labute approximate surface area is 247 Å².